The van der Waals surface area contributed by atoms with Crippen LogP contribution in [0.2, 0.25) is 0 Å². The first-order valence-electron chi connectivity index (χ1n) is 8.73. The molecule has 1 aromatic carbocycles. The zero-order chi connectivity index (χ0) is 20.5. The van der Waals surface area contributed by atoms with Crippen LogP contribution in [0.1, 0.15) is 10.5 Å². The molecule has 8 nitrogen and oxygen atoms in total. The first-order chi connectivity index (χ1) is 13.9. The van der Waals surface area contributed by atoms with Crippen LogP contribution in [0.3, 0.4) is 0 Å². The normalized spacial score (nSPS) is 14.3. The summed E-state index contributed by atoms with van der Waals surface area (Å²) < 4.78 is 27.9. The van der Waals surface area contributed by atoms with Gasteiger partial charge in [-0.15, -0.1) is 11.3 Å². The Morgan fingerprint density at radius 3 is 2.52 bits per heavy atom. The third-order valence-corrected chi connectivity index (χ3v) is 5.49. The number of nitrogens with two attached hydrogens (primary N) is 1. The SMILES string of the molecule is Nc1[nH]c(=O)ncc1N1CCN(C(=O)c2csc(-c3c(F)cccc3F)n2)CC1. The number of halogens is 2. The lowest BCUT2D eigenvalue weighted by Crippen LogP contribution is -2.49. The number of amides is 1. The van der Waals surface area contributed by atoms with Gasteiger partial charge in [0, 0.05) is 31.6 Å². The van der Waals surface area contributed by atoms with Crippen molar-refractivity contribution in [1.29, 1.82) is 0 Å². The van der Waals surface area contributed by atoms with E-state index in [2.05, 4.69) is 15.0 Å². The molecule has 0 aliphatic carbocycles. The number of nitrogens with one attached hydrogen (secondary N) is 1. The van der Waals surface area contributed by atoms with Crippen LogP contribution in [-0.4, -0.2) is 51.9 Å². The summed E-state index contributed by atoms with van der Waals surface area (Å²) in [5, 5.41) is 1.62. The van der Waals surface area contributed by atoms with Gasteiger partial charge in [-0.1, -0.05) is 6.07 Å². The second-order valence-electron chi connectivity index (χ2n) is 6.40. The number of nitrogen functional groups attached to an aromatic ring is 1. The Hall–Kier alpha value is -3.34. The van der Waals surface area contributed by atoms with Crippen molar-refractivity contribution in [3.05, 3.63) is 57.6 Å². The standard InChI is InChI=1S/C18H16F2N6O2S/c19-10-2-1-3-11(20)14(10)16-23-12(9-29-16)17(27)26-6-4-25(5-7-26)13-8-22-18(28)24-15(13)21/h1-3,8-9H,4-7H2,(H3,21,22,24,28). The molecule has 0 radical (unpaired) electrons. The lowest BCUT2D eigenvalue weighted by molar-refractivity contribution is 0.0742. The summed E-state index contributed by atoms with van der Waals surface area (Å²) in [7, 11) is 0. The smallest absolute Gasteiger partial charge is 0.346 e. The molecule has 3 N–H and O–H groups in total. The highest BCUT2D eigenvalue weighted by atomic mass is 32.1. The quantitative estimate of drug-likeness (QED) is 0.671. The Kier molecular flexibility index (Phi) is 4.97. The second-order valence-corrected chi connectivity index (χ2v) is 7.26. The van der Waals surface area contributed by atoms with Crippen molar-refractivity contribution in [2.75, 3.05) is 36.8 Å². The van der Waals surface area contributed by atoms with Gasteiger partial charge in [0.2, 0.25) is 0 Å². The molecule has 0 bridgehead atoms. The number of hydrogen-bond donors (Lipinski definition) is 2. The highest BCUT2D eigenvalue weighted by Crippen LogP contribution is 2.29. The molecule has 0 saturated carbocycles. The minimum atomic E-state index is -0.723. The van der Waals surface area contributed by atoms with E-state index < -0.39 is 17.3 Å². The summed E-state index contributed by atoms with van der Waals surface area (Å²) in [5.41, 5.74) is 5.82. The summed E-state index contributed by atoms with van der Waals surface area (Å²) in [4.78, 5) is 37.7. The van der Waals surface area contributed by atoms with Crippen LogP contribution in [0.5, 0.6) is 0 Å². The van der Waals surface area contributed by atoms with E-state index in [0.717, 1.165) is 23.5 Å². The minimum Gasteiger partial charge on any atom is -0.383 e. The van der Waals surface area contributed by atoms with Crippen molar-refractivity contribution in [2.45, 2.75) is 0 Å². The number of aromatic nitrogens is 3. The molecule has 1 amide bonds. The van der Waals surface area contributed by atoms with Crippen LogP contribution < -0.4 is 16.3 Å². The van der Waals surface area contributed by atoms with Crippen LogP contribution in [0.4, 0.5) is 20.3 Å². The van der Waals surface area contributed by atoms with Crippen molar-refractivity contribution < 1.29 is 13.6 Å². The number of anilines is 2. The minimum absolute atomic E-state index is 0.120. The van der Waals surface area contributed by atoms with Crippen molar-refractivity contribution in [1.82, 2.24) is 19.9 Å². The number of piperazine rings is 1. The molecule has 1 fully saturated rings. The van der Waals surface area contributed by atoms with E-state index in [0.29, 0.717) is 31.9 Å². The summed E-state index contributed by atoms with van der Waals surface area (Å²) >= 11 is 1.02. The van der Waals surface area contributed by atoms with Crippen molar-refractivity contribution >= 4 is 28.7 Å². The third-order valence-electron chi connectivity index (χ3n) is 4.63. The summed E-state index contributed by atoms with van der Waals surface area (Å²) in [6.07, 6.45) is 1.40. The van der Waals surface area contributed by atoms with E-state index in [-0.39, 0.29) is 28.0 Å². The lowest BCUT2D eigenvalue weighted by Gasteiger charge is -2.35. The predicted molar refractivity (Wildman–Crippen MR) is 105 cm³/mol. The number of H-pyrrole nitrogens is 1. The molecule has 0 spiro atoms. The number of thiazole rings is 1. The van der Waals surface area contributed by atoms with E-state index in [1.54, 1.807) is 4.90 Å². The zero-order valence-electron chi connectivity index (χ0n) is 15.1. The first kappa shape index (κ1) is 19.0. The van der Waals surface area contributed by atoms with Gasteiger partial charge in [-0.2, -0.15) is 4.98 Å². The van der Waals surface area contributed by atoms with Gasteiger partial charge in [-0.05, 0) is 12.1 Å². The number of hydrogen-bond acceptors (Lipinski definition) is 7. The van der Waals surface area contributed by atoms with Crippen LogP contribution >= 0.6 is 11.3 Å². The van der Waals surface area contributed by atoms with Crippen LogP contribution in [0, 0.1) is 11.6 Å². The number of carbonyl (C=O) groups excluding carboxylic acids is 1. The second kappa shape index (κ2) is 7.59. The Balaban J connectivity index is 1.47. The van der Waals surface area contributed by atoms with E-state index in [9.17, 15) is 18.4 Å². The Bertz CT molecular complexity index is 1100. The molecule has 1 aliphatic rings. The van der Waals surface area contributed by atoms with Gasteiger partial charge in [0.25, 0.3) is 5.91 Å². The molecule has 150 valence electrons. The number of nitrogens with zero attached hydrogens (tertiary/aromatic N) is 4. The molecule has 0 unspecified atom stereocenters. The topological polar surface area (TPSA) is 108 Å². The number of benzene rings is 1. The maximum atomic E-state index is 14.0. The van der Waals surface area contributed by atoms with E-state index in [4.69, 9.17) is 5.73 Å². The first-order valence-corrected chi connectivity index (χ1v) is 9.61. The Morgan fingerprint density at radius 1 is 1.17 bits per heavy atom. The van der Waals surface area contributed by atoms with Crippen LogP contribution in [0.15, 0.2) is 34.6 Å². The van der Waals surface area contributed by atoms with E-state index >= 15 is 0 Å². The maximum absolute atomic E-state index is 14.0. The van der Waals surface area contributed by atoms with Crippen LogP contribution in [-0.2, 0) is 0 Å². The molecule has 4 rings (SSSR count). The van der Waals surface area contributed by atoms with Gasteiger partial charge >= 0.3 is 5.69 Å². The Morgan fingerprint density at radius 2 is 1.86 bits per heavy atom. The van der Waals surface area contributed by atoms with Crippen molar-refractivity contribution in [3.8, 4) is 10.6 Å². The lowest BCUT2D eigenvalue weighted by atomic mass is 10.2. The maximum Gasteiger partial charge on any atom is 0.346 e. The fourth-order valence-electron chi connectivity index (χ4n) is 3.15. The third kappa shape index (κ3) is 3.68. The van der Waals surface area contributed by atoms with Gasteiger partial charge < -0.3 is 15.5 Å². The van der Waals surface area contributed by atoms with Gasteiger partial charge in [0.15, 0.2) is 0 Å². The molecule has 2 aromatic heterocycles. The van der Waals surface area contributed by atoms with Crippen molar-refractivity contribution in [3.63, 3.8) is 0 Å². The average Bonchev–Trinajstić information content (AvgIpc) is 3.17. The fraction of sp³-hybridized carbons (Fsp3) is 0.222. The Labute approximate surface area is 167 Å². The summed E-state index contributed by atoms with van der Waals surface area (Å²) in [6, 6.07) is 3.58. The van der Waals surface area contributed by atoms with Gasteiger partial charge in [-0.3, -0.25) is 9.78 Å². The van der Waals surface area contributed by atoms with Gasteiger partial charge in [0.05, 0.1) is 17.4 Å². The molecule has 29 heavy (non-hydrogen) atoms. The van der Waals surface area contributed by atoms with Gasteiger partial charge in [-0.25, -0.2) is 18.6 Å². The predicted octanol–water partition coefficient (Wildman–Crippen LogP) is 1.72. The fourth-order valence-corrected chi connectivity index (χ4v) is 3.99. The molecule has 0 atom stereocenters. The zero-order valence-corrected chi connectivity index (χ0v) is 15.9. The molecule has 1 aliphatic heterocycles. The number of carbonyl (C=O) groups is 1. The highest BCUT2D eigenvalue weighted by Gasteiger charge is 2.26. The molecular weight excluding hydrogens is 402 g/mol. The summed E-state index contributed by atoms with van der Waals surface area (Å²) in [6.45, 7) is 1.78. The molecule has 3 aromatic rings. The number of rotatable bonds is 3. The molecule has 1 saturated heterocycles. The largest absolute Gasteiger partial charge is 0.383 e. The highest BCUT2D eigenvalue weighted by molar-refractivity contribution is 7.13. The van der Waals surface area contributed by atoms with Crippen molar-refractivity contribution in [2.24, 2.45) is 0 Å². The monoisotopic (exact) mass is 418 g/mol. The van der Waals surface area contributed by atoms with E-state index in [1.165, 1.54) is 17.6 Å². The molecule has 3 heterocycles. The number of aromatic amines is 1. The molecule has 11 heteroatoms. The van der Waals surface area contributed by atoms with Crippen LogP contribution in [0.25, 0.3) is 10.6 Å². The summed E-state index contributed by atoms with van der Waals surface area (Å²) in [5.74, 6) is -1.53. The van der Waals surface area contributed by atoms with Gasteiger partial charge in [0.1, 0.15) is 28.2 Å². The van der Waals surface area contributed by atoms with E-state index in [1.807, 2.05) is 4.90 Å². The average molecular weight is 418 g/mol. The molecular formula is C18H16F2N6O2S.